The van der Waals surface area contributed by atoms with Gasteiger partial charge in [0.15, 0.2) is 10.2 Å². The summed E-state index contributed by atoms with van der Waals surface area (Å²) >= 11 is 13.3. The lowest BCUT2D eigenvalue weighted by Gasteiger charge is -2.26. The Kier molecular flexibility index (Phi) is 7.17. The molecule has 162 valence electrons. The number of nitrogens with zero attached hydrogens (tertiary/aromatic N) is 3. The second-order valence-electron chi connectivity index (χ2n) is 7.69. The molecule has 1 aliphatic heterocycles. The number of benzene rings is 1. The predicted octanol–water partition coefficient (Wildman–Crippen LogP) is 5.40. The van der Waals surface area contributed by atoms with Crippen LogP contribution in [-0.4, -0.2) is 47.1 Å². The molecule has 4 rings (SSSR count). The van der Waals surface area contributed by atoms with Crippen LogP contribution >= 0.6 is 35.6 Å². The first-order chi connectivity index (χ1) is 15.0. The number of rotatable bonds is 8. The molecule has 5 nitrogen and oxygen atoms in total. The molecule has 0 aliphatic carbocycles. The Morgan fingerprint density at radius 2 is 1.97 bits per heavy atom. The fourth-order valence-electron chi connectivity index (χ4n) is 3.68. The second-order valence-corrected chi connectivity index (χ2v) is 9.59. The molecule has 0 saturated carbocycles. The van der Waals surface area contributed by atoms with Gasteiger partial charge in [0.2, 0.25) is 0 Å². The number of halogens is 1. The molecule has 0 radical (unpaired) electrons. The van der Waals surface area contributed by atoms with Crippen molar-refractivity contribution in [2.24, 2.45) is 0 Å². The van der Waals surface area contributed by atoms with E-state index in [0.717, 1.165) is 51.1 Å². The molecule has 1 N–H and O–H groups in total. The average molecular weight is 473 g/mol. The van der Waals surface area contributed by atoms with E-state index in [2.05, 4.69) is 34.2 Å². The number of aromatic nitrogens is 1. The molecule has 2 unspecified atom stereocenters. The van der Waals surface area contributed by atoms with Gasteiger partial charge in [-0.1, -0.05) is 29.4 Å². The van der Waals surface area contributed by atoms with Crippen molar-refractivity contribution < 1.29 is 4.42 Å². The molecule has 3 heterocycles. The molecular weight excluding hydrogens is 448 g/mol. The van der Waals surface area contributed by atoms with Gasteiger partial charge in [-0.05, 0) is 87.8 Å². The predicted molar refractivity (Wildman–Crippen MR) is 130 cm³/mol. The highest BCUT2D eigenvalue weighted by Gasteiger charge is 2.41. The van der Waals surface area contributed by atoms with Crippen LogP contribution in [0.1, 0.15) is 30.0 Å². The Labute approximate surface area is 197 Å². The summed E-state index contributed by atoms with van der Waals surface area (Å²) in [4.78, 5) is 10.1. The highest BCUT2D eigenvalue weighted by Crippen LogP contribution is 2.41. The van der Waals surface area contributed by atoms with Gasteiger partial charge in [-0.25, -0.2) is 0 Å². The van der Waals surface area contributed by atoms with E-state index >= 15 is 0 Å². The van der Waals surface area contributed by atoms with E-state index in [9.17, 15) is 0 Å². The Hall–Kier alpha value is -2.06. The highest BCUT2D eigenvalue weighted by atomic mass is 35.5. The maximum Gasteiger partial charge on any atom is 0.170 e. The van der Waals surface area contributed by atoms with Crippen LogP contribution < -0.4 is 5.32 Å². The van der Waals surface area contributed by atoms with Crippen LogP contribution in [0.25, 0.3) is 0 Å². The van der Waals surface area contributed by atoms with E-state index in [0.29, 0.717) is 0 Å². The van der Waals surface area contributed by atoms with Crippen LogP contribution in [0, 0.1) is 0 Å². The Balaban J connectivity index is 1.59. The zero-order valence-corrected chi connectivity index (χ0v) is 19.9. The van der Waals surface area contributed by atoms with Crippen LogP contribution in [0.3, 0.4) is 0 Å². The average Bonchev–Trinajstić information content (AvgIpc) is 3.34. The third-order valence-electron chi connectivity index (χ3n) is 5.13. The van der Waals surface area contributed by atoms with Crippen molar-refractivity contribution in [3.05, 3.63) is 77.3 Å². The minimum atomic E-state index is -0.0624. The van der Waals surface area contributed by atoms with Gasteiger partial charge in [0.25, 0.3) is 0 Å². The van der Waals surface area contributed by atoms with Crippen molar-refractivity contribution in [3.63, 3.8) is 0 Å². The van der Waals surface area contributed by atoms with Gasteiger partial charge >= 0.3 is 0 Å². The van der Waals surface area contributed by atoms with Crippen LogP contribution in [0.2, 0.25) is 5.02 Å². The van der Waals surface area contributed by atoms with Crippen molar-refractivity contribution in [3.8, 4) is 0 Å². The molecule has 0 bridgehead atoms. The van der Waals surface area contributed by atoms with Gasteiger partial charge in [-0.2, -0.15) is 0 Å². The van der Waals surface area contributed by atoms with Gasteiger partial charge < -0.3 is 19.5 Å². The fourth-order valence-corrected chi connectivity index (χ4v) is 4.92. The molecule has 1 aromatic carbocycles. The topological polar surface area (TPSA) is 44.5 Å². The molecule has 1 saturated heterocycles. The standard InChI is InChI=1S/C23H25ClN4OS2/c1-27(2)14-5-15-28-22(21(26-23(28)30)18-6-3-4-13-25-18)19-11-12-20(29-19)31-17-9-7-16(24)8-10-17/h3-4,6-13,21-22H,5,14-15H2,1-2H3,(H,26,30). The highest BCUT2D eigenvalue weighted by molar-refractivity contribution is 7.99. The number of furan rings is 1. The molecule has 8 heteroatoms. The van der Waals surface area contributed by atoms with Gasteiger partial charge in [-0.3, -0.25) is 4.98 Å². The van der Waals surface area contributed by atoms with Crippen molar-refractivity contribution in [2.45, 2.75) is 28.5 Å². The lowest BCUT2D eigenvalue weighted by molar-refractivity contribution is 0.249. The number of hydrogen-bond donors (Lipinski definition) is 1. The van der Waals surface area contributed by atoms with Crippen LogP contribution in [-0.2, 0) is 0 Å². The molecule has 2 atom stereocenters. The van der Waals surface area contributed by atoms with E-state index < -0.39 is 0 Å². The smallest absolute Gasteiger partial charge is 0.170 e. The largest absolute Gasteiger partial charge is 0.452 e. The van der Waals surface area contributed by atoms with Crippen molar-refractivity contribution in [1.82, 2.24) is 20.1 Å². The van der Waals surface area contributed by atoms with Crippen molar-refractivity contribution in [1.29, 1.82) is 0 Å². The maximum atomic E-state index is 6.31. The summed E-state index contributed by atoms with van der Waals surface area (Å²) in [6, 6.07) is 17.7. The molecule has 3 aromatic rings. The Morgan fingerprint density at radius 3 is 2.68 bits per heavy atom. The van der Waals surface area contributed by atoms with Gasteiger partial charge in [-0.15, -0.1) is 0 Å². The third-order valence-corrected chi connectivity index (χ3v) is 6.66. The van der Waals surface area contributed by atoms with Gasteiger partial charge in [0, 0.05) is 22.7 Å². The molecule has 2 aromatic heterocycles. The lowest BCUT2D eigenvalue weighted by atomic mass is 10.0. The summed E-state index contributed by atoms with van der Waals surface area (Å²) in [6.45, 7) is 1.84. The quantitative estimate of drug-likeness (QED) is 0.440. The Morgan fingerprint density at radius 1 is 1.16 bits per heavy atom. The summed E-state index contributed by atoms with van der Waals surface area (Å²) in [7, 11) is 4.17. The normalized spacial score (nSPS) is 18.6. The molecule has 0 amide bonds. The fraction of sp³-hybridized carbons (Fsp3) is 0.304. The summed E-state index contributed by atoms with van der Waals surface area (Å²) in [5.74, 6) is 0.879. The van der Waals surface area contributed by atoms with Gasteiger partial charge in [0.05, 0.1) is 11.7 Å². The number of thiocarbonyl (C=S) groups is 1. The van der Waals surface area contributed by atoms with Crippen molar-refractivity contribution >= 4 is 40.7 Å². The molecule has 0 spiro atoms. The molecule has 1 aliphatic rings. The van der Waals surface area contributed by atoms with E-state index in [-0.39, 0.29) is 12.1 Å². The first-order valence-corrected chi connectivity index (χ1v) is 11.8. The van der Waals surface area contributed by atoms with Crippen LogP contribution in [0.15, 0.2) is 75.2 Å². The Bertz CT molecular complexity index is 1010. The maximum absolute atomic E-state index is 6.31. The zero-order valence-electron chi connectivity index (χ0n) is 17.5. The first-order valence-electron chi connectivity index (χ1n) is 10.2. The van der Waals surface area contributed by atoms with Crippen LogP contribution in [0.5, 0.6) is 0 Å². The molecule has 1 fully saturated rings. The number of hydrogen-bond acceptors (Lipinski definition) is 5. The zero-order chi connectivity index (χ0) is 21.8. The van der Waals surface area contributed by atoms with E-state index in [1.165, 1.54) is 0 Å². The van der Waals surface area contributed by atoms with Crippen molar-refractivity contribution in [2.75, 3.05) is 27.2 Å². The number of nitrogens with one attached hydrogen (secondary N) is 1. The summed E-state index contributed by atoms with van der Waals surface area (Å²) in [6.07, 6.45) is 2.82. The van der Waals surface area contributed by atoms with E-state index in [1.807, 2.05) is 60.8 Å². The number of pyridine rings is 1. The SMILES string of the molecule is CN(C)CCCN1C(=S)NC(c2ccccn2)C1c1ccc(Sc2ccc(Cl)cc2)o1. The minimum Gasteiger partial charge on any atom is -0.452 e. The monoisotopic (exact) mass is 472 g/mol. The summed E-state index contributed by atoms with van der Waals surface area (Å²) < 4.78 is 6.31. The molecular formula is C23H25ClN4OS2. The third kappa shape index (κ3) is 5.41. The minimum absolute atomic E-state index is 0.0517. The van der Waals surface area contributed by atoms with E-state index in [4.69, 9.17) is 28.2 Å². The summed E-state index contributed by atoms with van der Waals surface area (Å²) in [5, 5.41) is 5.77. The van der Waals surface area contributed by atoms with Crippen LogP contribution in [0.4, 0.5) is 0 Å². The van der Waals surface area contributed by atoms with E-state index in [1.54, 1.807) is 11.8 Å². The summed E-state index contributed by atoms with van der Waals surface area (Å²) in [5.41, 5.74) is 0.952. The first kappa shape index (κ1) is 22.1. The second kappa shape index (κ2) is 10.0. The molecule has 31 heavy (non-hydrogen) atoms. The van der Waals surface area contributed by atoms with Gasteiger partial charge in [0.1, 0.15) is 11.8 Å². The lowest BCUT2D eigenvalue weighted by Crippen LogP contribution is -2.32.